The average molecular weight is 446 g/mol. The predicted octanol–water partition coefficient (Wildman–Crippen LogP) is 5.02. The lowest BCUT2D eigenvalue weighted by Crippen LogP contribution is -2.52. The predicted molar refractivity (Wildman–Crippen MR) is 125 cm³/mol. The van der Waals surface area contributed by atoms with Crippen molar-refractivity contribution in [3.05, 3.63) is 12.2 Å². The summed E-state index contributed by atoms with van der Waals surface area (Å²) in [6.45, 7) is 9.12. The first-order valence-corrected chi connectivity index (χ1v) is 13.3. The summed E-state index contributed by atoms with van der Waals surface area (Å²) in [7, 11) is 0. The van der Waals surface area contributed by atoms with Gasteiger partial charge >= 0.3 is 0 Å². The molecule has 0 radical (unpaired) electrons. The second-order valence-corrected chi connectivity index (χ2v) is 12.3. The van der Waals surface area contributed by atoms with Gasteiger partial charge in [-0.15, -0.1) is 0 Å². The number of hydrogen-bond donors (Lipinski definition) is 1. The van der Waals surface area contributed by atoms with E-state index in [1.165, 1.54) is 50.8 Å². The molecule has 0 aromatic carbocycles. The molecule has 31 heavy (non-hydrogen) atoms. The molecule has 3 fully saturated rings. The summed E-state index contributed by atoms with van der Waals surface area (Å²) in [4.78, 5) is 36.0. The van der Waals surface area contributed by atoms with Gasteiger partial charge in [-0.25, -0.2) is 0 Å². The summed E-state index contributed by atoms with van der Waals surface area (Å²) in [6, 6.07) is 0. The molecule has 0 bridgehead atoms. The van der Waals surface area contributed by atoms with Gasteiger partial charge < -0.3 is 5.32 Å². The van der Waals surface area contributed by atoms with E-state index in [0.717, 1.165) is 18.8 Å². The van der Waals surface area contributed by atoms with Gasteiger partial charge in [0.2, 0.25) is 5.91 Å². The van der Waals surface area contributed by atoms with Crippen molar-refractivity contribution < 1.29 is 14.4 Å². The molecule has 0 aromatic rings. The summed E-state index contributed by atoms with van der Waals surface area (Å²) < 4.78 is 0. The van der Waals surface area contributed by atoms with E-state index in [9.17, 15) is 14.4 Å². The van der Waals surface area contributed by atoms with Crippen LogP contribution < -0.4 is 5.32 Å². The molecule has 4 aliphatic carbocycles. The number of rotatable bonds is 5. The van der Waals surface area contributed by atoms with Crippen LogP contribution in [0.15, 0.2) is 12.2 Å². The molecule has 0 heterocycles. The first kappa shape index (κ1) is 23.1. The van der Waals surface area contributed by atoms with Crippen molar-refractivity contribution in [1.82, 2.24) is 5.32 Å². The highest BCUT2D eigenvalue weighted by molar-refractivity contribution is 8.13. The van der Waals surface area contributed by atoms with E-state index in [4.69, 9.17) is 0 Å². The van der Waals surface area contributed by atoms with E-state index in [0.29, 0.717) is 46.9 Å². The number of allylic oxidation sites excluding steroid dienone is 2. The molecule has 172 valence electrons. The number of nitrogens with one attached hydrogen (secondary N) is 1. The van der Waals surface area contributed by atoms with E-state index in [1.54, 1.807) is 0 Å². The van der Waals surface area contributed by atoms with Crippen LogP contribution in [0.1, 0.15) is 72.6 Å². The first-order valence-electron chi connectivity index (χ1n) is 12.3. The molecule has 1 N–H and O–H groups in total. The Kier molecular flexibility index (Phi) is 6.46. The van der Waals surface area contributed by atoms with E-state index >= 15 is 0 Å². The minimum Gasteiger partial charge on any atom is -0.356 e. The van der Waals surface area contributed by atoms with Crippen molar-refractivity contribution in [2.45, 2.75) is 72.6 Å². The number of hydrogen-bond acceptors (Lipinski definition) is 4. The van der Waals surface area contributed by atoms with Crippen molar-refractivity contribution in [1.29, 1.82) is 0 Å². The number of ketones is 1. The summed E-state index contributed by atoms with van der Waals surface area (Å²) in [6.07, 6.45) is 12.2. The molecule has 0 aromatic heterocycles. The molecule has 4 rings (SSSR count). The van der Waals surface area contributed by atoms with Gasteiger partial charge in [0.1, 0.15) is 0 Å². The second-order valence-electron chi connectivity index (χ2n) is 11.2. The number of fused-ring (bicyclic) bond motifs is 5. The molecular formula is C26H39NO3S. The maximum Gasteiger partial charge on any atom is 0.216 e. The number of carbonyl (C=O) groups excluding carboxylic acids is 3. The molecule has 8 atom stereocenters. The second kappa shape index (κ2) is 8.68. The lowest BCUT2D eigenvalue weighted by atomic mass is 9.45. The van der Waals surface area contributed by atoms with E-state index in [-0.39, 0.29) is 22.7 Å². The topological polar surface area (TPSA) is 63.2 Å². The van der Waals surface area contributed by atoms with Gasteiger partial charge in [-0.3, -0.25) is 14.4 Å². The van der Waals surface area contributed by atoms with E-state index in [2.05, 4.69) is 32.2 Å². The van der Waals surface area contributed by atoms with Gasteiger partial charge in [0.05, 0.1) is 0 Å². The van der Waals surface area contributed by atoms with Gasteiger partial charge in [-0.05, 0) is 85.0 Å². The molecule has 0 saturated heterocycles. The minimum absolute atomic E-state index is 0.0374. The van der Waals surface area contributed by atoms with Gasteiger partial charge in [-0.2, -0.15) is 0 Å². The summed E-state index contributed by atoms with van der Waals surface area (Å²) in [5, 5.41) is 3.08. The highest BCUT2D eigenvalue weighted by atomic mass is 32.2. The molecule has 1 amide bonds. The minimum atomic E-state index is -0.0374. The molecule has 4 nitrogen and oxygen atoms in total. The fourth-order valence-electron chi connectivity index (χ4n) is 8.17. The molecule has 0 aliphatic heterocycles. The normalized spacial score (nSPS) is 42.3. The van der Waals surface area contributed by atoms with Crippen molar-refractivity contribution >= 4 is 28.6 Å². The third-order valence-electron chi connectivity index (χ3n) is 9.81. The third kappa shape index (κ3) is 4.05. The smallest absolute Gasteiger partial charge is 0.216 e. The maximum atomic E-state index is 13.0. The summed E-state index contributed by atoms with van der Waals surface area (Å²) in [5.41, 5.74) is 0.434. The van der Waals surface area contributed by atoms with Crippen LogP contribution in [0.5, 0.6) is 0 Å². The zero-order chi connectivity index (χ0) is 22.4. The summed E-state index contributed by atoms with van der Waals surface area (Å²) >= 11 is 1.39. The Morgan fingerprint density at radius 1 is 1.16 bits per heavy atom. The van der Waals surface area contributed by atoms with Gasteiger partial charge in [0, 0.05) is 31.6 Å². The Bertz CT molecular complexity index is 779. The van der Waals surface area contributed by atoms with Crippen LogP contribution in [0.4, 0.5) is 0 Å². The highest BCUT2D eigenvalue weighted by Crippen LogP contribution is 2.67. The largest absolute Gasteiger partial charge is 0.356 e. The molecular weight excluding hydrogens is 406 g/mol. The molecule has 3 saturated carbocycles. The van der Waals surface area contributed by atoms with E-state index < -0.39 is 0 Å². The van der Waals surface area contributed by atoms with Crippen molar-refractivity contribution in [2.75, 3.05) is 12.3 Å². The quantitative estimate of drug-likeness (QED) is 0.603. The van der Waals surface area contributed by atoms with Crippen molar-refractivity contribution in [2.24, 2.45) is 46.3 Å². The van der Waals surface area contributed by atoms with Crippen molar-refractivity contribution in [3.8, 4) is 0 Å². The van der Waals surface area contributed by atoms with Crippen LogP contribution in [0.25, 0.3) is 0 Å². The standard InChI is InChI=1S/C26H39NO3S/c1-16(24(30)31-14-13-27-17(2)28)21-7-8-22-20-6-5-18-15-19(29)9-11-25(18,3)23(20)10-12-26(21,22)4/h9,11,16,18,20-23H,5-8,10,12-15H2,1-4H3,(H,27,28). The van der Waals surface area contributed by atoms with Crippen LogP contribution in [-0.2, 0) is 14.4 Å². The third-order valence-corrected chi connectivity index (χ3v) is 10.9. The molecule has 8 unspecified atom stereocenters. The van der Waals surface area contributed by atoms with Gasteiger partial charge in [0.25, 0.3) is 0 Å². The highest BCUT2D eigenvalue weighted by Gasteiger charge is 2.60. The molecule has 0 spiro atoms. The Morgan fingerprint density at radius 2 is 1.94 bits per heavy atom. The Balaban J connectivity index is 1.44. The van der Waals surface area contributed by atoms with Crippen LogP contribution in [0.2, 0.25) is 0 Å². The van der Waals surface area contributed by atoms with Crippen LogP contribution in [0.3, 0.4) is 0 Å². The molecule has 4 aliphatic rings. The Hall–Kier alpha value is -1.10. The van der Waals surface area contributed by atoms with E-state index in [1.807, 2.05) is 6.08 Å². The van der Waals surface area contributed by atoms with Gasteiger partial charge in [-0.1, -0.05) is 38.6 Å². The summed E-state index contributed by atoms with van der Waals surface area (Å²) in [5.74, 6) is 4.12. The average Bonchev–Trinajstić information content (AvgIpc) is 3.08. The number of amides is 1. The van der Waals surface area contributed by atoms with Gasteiger partial charge in [0.15, 0.2) is 10.9 Å². The Morgan fingerprint density at radius 3 is 2.68 bits per heavy atom. The zero-order valence-corrected chi connectivity index (χ0v) is 20.4. The monoisotopic (exact) mass is 445 g/mol. The van der Waals surface area contributed by atoms with Crippen LogP contribution in [-0.4, -0.2) is 29.1 Å². The molecule has 5 heteroatoms. The fraction of sp³-hybridized carbons (Fsp3) is 0.808. The maximum absolute atomic E-state index is 13.0. The van der Waals surface area contributed by atoms with Crippen molar-refractivity contribution in [3.63, 3.8) is 0 Å². The Labute approximate surface area is 191 Å². The lowest BCUT2D eigenvalue weighted by molar-refractivity contribution is -0.124. The lowest BCUT2D eigenvalue weighted by Gasteiger charge is -2.59. The zero-order valence-electron chi connectivity index (χ0n) is 19.6. The number of carbonyl (C=O) groups is 3. The first-order chi connectivity index (χ1) is 14.7. The van der Waals surface area contributed by atoms with Crippen LogP contribution >= 0.6 is 11.8 Å². The van der Waals surface area contributed by atoms with Crippen LogP contribution in [0, 0.1) is 46.3 Å². The SMILES string of the molecule is CC(=O)NCCSC(=O)C(C)C1CCC2C3CCC4CC(=O)C=CC4(C)C3CCC12C. The number of thioether (sulfide) groups is 1. The fourth-order valence-corrected chi connectivity index (χ4v) is 9.00.